The number of nitrogen functional groups attached to an aromatic ring is 1. The summed E-state index contributed by atoms with van der Waals surface area (Å²) in [5.74, 6) is 0.386. The molecule has 1 heterocycles. The molecule has 0 fully saturated rings. The van der Waals surface area contributed by atoms with Gasteiger partial charge < -0.3 is 5.73 Å². The van der Waals surface area contributed by atoms with E-state index in [2.05, 4.69) is 4.98 Å². The van der Waals surface area contributed by atoms with Crippen molar-refractivity contribution in [3.05, 3.63) is 46.6 Å². The Hall–Kier alpha value is -1.25. The molecule has 0 unspecified atom stereocenters. The van der Waals surface area contributed by atoms with Gasteiger partial charge in [-0.3, -0.25) is 0 Å². The van der Waals surface area contributed by atoms with Gasteiger partial charge in [-0.2, -0.15) is 0 Å². The van der Waals surface area contributed by atoms with Crippen LogP contribution in [0.1, 0.15) is 0 Å². The molecule has 2 nitrogen and oxygen atoms in total. The van der Waals surface area contributed by atoms with Gasteiger partial charge in [0.2, 0.25) is 0 Å². The number of nitrogens with zero attached hydrogens (tertiary/aromatic N) is 1. The van der Waals surface area contributed by atoms with Crippen LogP contribution in [-0.4, -0.2) is 4.98 Å². The van der Waals surface area contributed by atoms with E-state index in [0.29, 0.717) is 16.0 Å². The highest BCUT2D eigenvalue weighted by molar-refractivity contribution is 6.33. The lowest BCUT2D eigenvalue weighted by molar-refractivity contribution is 1.34. The summed E-state index contributed by atoms with van der Waals surface area (Å²) in [5, 5.41) is 1.03. The molecule has 0 aliphatic rings. The SMILES string of the molecule is Nc1cc(-c2ccccc2Cl)cc(Cl)n1. The van der Waals surface area contributed by atoms with Crippen molar-refractivity contribution < 1.29 is 0 Å². The van der Waals surface area contributed by atoms with Gasteiger partial charge in [0.25, 0.3) is 0 Å². The minimum Gasteiger partial charge on any atom is -0.384 e. The first-order valence-electron chi connectivity index (χ1n) is 4.35. The van der Waals surface area contributed by atoms with Crippen LogP contribution < -0.4 is 5.73 Å². The molecule has 0 aliphatic heterocycles. The Bertz CT molecular complexity index is 477. The Kier molecular flexibility index (Phi) is 2.80. The average Bonchev–Trinajstić information content (AvgIpc) is 2.16. The van der Waals surface area contributed by atoms with E-state index in [1.165, 1.54) is 0 Å². The maximum Gasteiger partial charge on any atom is 0.132 e. The van der Waals surface area contributed by atoms with Gasteiger partial charge in [0.15, 0.2) is 0 Å². The maximum atomic E-state index is 6.06. The smallest absolute Gasteiger partial charge is 0.132 e. The van der Waals surface area contributed by atoms with E-state index >= 15 is 0 Å². The predicted octanol–water partition coefficient (Wildman–Crippen LogP) is 3.64. The van der Waals surface area contributed by atoms with E-state index in [0.717, 1.165) is 11.1 Å². The first-order chi connectivity index (χ1) is 7.16. The summed E-state index contributed by atoms with van der Waals surface area (Å²) in [7, 11) is 0. The summed E-state index contributed by atoms with van der Waals surface area (Å²) in [6.45, 7) is 0. The van der Waals surface area contributed by atoms with E-state index in [-0.39, 0.29) is 0 Å². The average molecular weight is 239 g/mol. The van der Waals surface area contributed by atoms with Gasteiger partial charge in [0.1, 0.15) is 11.0 Å². The van der Waals surface area contributed by atoms with Crippen molar-refractivity contribution in [3.8, 4) is 11.1 Å². The van der Waals surface area contributed by atoms with Crippen LogP contribution in [0.3, 0.4) is 0 Å². The van der Waals surface area contributed by atoms with Crippen LogP contribution in [-0.2, 0) is 0 Å². The summed E-state index contributed by atoms with van der Waals surface area (Å²) in [5.41, 5.74) is 7.38. The molecule has 0 atom stereocenters. The molecular weight excluding hydrogens is 231 g/mol. The molecule has 0 amide bonds. The number of anilines is 1. The number of nitrogens with two attached hydrogens (primary N) is 1. The highest BCUT2D eigenvalue weighted by atomic mass is 35.5. The first kappa shape index (κ1) is 10.3. The number of pyridine rings is 1. The Morgan fingerprint density at radius 1 is 1.07 bits per heavy atom. The van der Waals surface area contributed by atoms with Gasteiger partial charge >= 0.3 is 0 Å². The molecule has 2 N–H and O–H groups in total. The van der Waals surface area contributed by atoms with Gasteiger partial charge in [-0.1, -0.05) is 41.4 Å². The molecule has 76 valence electrons. The monoisotopic (exact) mass is 238 g/mol. The molecule has 0 saturated carbocycles. The number of hydrogen-bond acceptors (Lipinski definition) is 2. The van der Waals surface area contributed by atoms with Crippen molar-refractivity contribution in [1.29, 1.82) is 0 Å². The number of benzene rings is 1. The Labute approximate surface area is 97.7 Å². The van der Waals surface area contributed by atoms with Gasteiger partial charge in [-0.25, -0.2) is 4.98 Å². The third-order valence-electron chi connectivity index (χ3n) is 2.00. The van der Waals surface area contributed by atoms with Crippen molar-refractivity contribution in [2.24, 2.45) is 0 Å². The maximum absolute atomic E-state index is 6.06. The Morgan fingerprint density at radius 2 is 1.80 bits per heavy atom. The van der Waals surface area contributed by atoms with Gasteiger partial charge in [0.05, 0.1) is 0 Å². The fourth-order valence-corrected chi connectivity index (χ4v) is 1.83. The second-order valence-corrected chi connectivity index (χ2v) is 3.88. The molecule has 15 heavy (non-hydrogen) atoms. The zero-order valence-corrected chi connectivity index (χ0v) is 9.26. The lowest BCUT2D eigenvalue weighted by Gasteiger charge is -2.05. The lowest BCUT2D eigenvalue weighted by atomic mass is 10.1. The van der Waals surface area contributed by atoms with Crippen LogP contribution in [0.2, 0.25) is 10.2 Å². The number of rotatable bonds is 1. The largest absolute Gasteiger partial charge is 0.384 e. The third-order valence-corrected chi connectivity index (χ3v) is 2.52. The van der Waals surface area contributed by atoms with Crippen molar-refractivity contribution in [2.45, 2.75) is 0 Å². The van der Waals surface area contributed by atoms with E-state index in [1.54, 1.807) is 12.1 Å². The molecule has 2 aromatic rings. The van der Waals surface area contributed by atoms with Crippen molar-refractivity contribution in [1.82, 2.24) is 4.98 Å². The number of hydrogen-bond donors (Lipinski definition) is 1. The second kappa shape index (κ2) is 4.09. The fourth-order valence-electron chi connectivity index (χ4n) is 1.37. The molecule has 1 aromatic heterocycles. The molecule has 0 aliphatic carbocycles. The molecule has 0 bridgehead atoms. The van der Waals surface area contributed by atoms with Crippen LogP contribution >= 0.6 is 23.2 Å². The standard InChI is InChI=1S/C11H8Cl2N2/c12-9-4-2-1-3-8(9)7-5-10(13)15-11(14)6-7/h1-6H,(H2,14,15). The van der Waals surface area contributed by atoms with Crippen molar-refractivity contribution >= 4 is 29.0 Å². The summed E-state index contributed by atoms with van der Waals surface area (Å²) in [6, 6.07) is 11.0. The fraction of sp³-hybridized carbons (Fsp3) is 0. The van der Waals surface area contributed by atoms with E-state index in [9.17, 15) is 0 Å². The first-order valence-corrected chi connectivity index (χ1v) is 5.10. The molecule has 0 saturated heterocycles. The van der Waals surface area contributed by atoms with Crippen LogP contribution in [0.5, 0.6) is 0 Å². The van der Waals surface area contributed by atoms with E-state index < -0.39 is 0 Å². The van der Waals surface area contributed by atoms with Crippen molar-refractivity contribution in [3.63, 3.8) is 0 Å². The summed E-state index contributed by atoms with van der Waals surface area (Å²) in [6.07, 6.45) is 0. The van der Waals surface area contributed by atoms with Gasteiger partial charge in [0, 0.05) is 10.6 Å². The summed E-state index contributed by atoms with van der Waals surface area (Å²) >= 11 is 11.9. The van der Waals surface area contributed by atoms with Crippen LogP contribution in [0, 0.1) is 0 Å². The lowest BCUT2D eigenvalue weighted by Crippen LogP contribution is -1.91. The van der Waals surface area contributed by atoms with Crippen LogP contribution in [0.25, 0.3) is 11.1 Å². The summed E-state index contributed by atoms with van der Waals surface area (Å²) < 4.78 is 0. The van der Waals surface area contributed by atoms with Gasteiger partial charge in [-0.15, -0.1) is 0 Å². The van der Waals surface area contributed by atoms with Crippen LogP contribution in [0.15, 0.2) is 36.4 Å². The van der Waals surface area contributed by atoms with E-state index in [4.69, 9.17) is 28.9 Å². The molecule has 0 spiro atoms. The highest BCUT2D eigenvalue weighted by Gasteiger charge is 2.04. The molecule has 4 heteroatoms. The minimum absolute atomic E-state index is 0.366. The second-order valence-electron chi connectivity index (χ2n) is 3.08. The molecule has 2 rings (SSSR count). The zero-order chi connectivity index (χ0) is 10.8. The normalized spacial score (nSPS) is 10.3. The van der Waals surface area contributed by atoms with Crippen molar-refractivity contribution in [2.75, 3.05) is 5.73 Å². The van der Waals surface area contributed by atoms with E-state index in [1.807, 2.05) is 24.3 Å². The topological polar surface area (TPSA) is 38.9 Å². The number of halogens is 2. The third kappa shape index (κ3) is 2.22. The molecule has 0 radical (unpaired) electrons. The van der Waals surface area contributed by atoms with Gasteiger partial charge in [-0.05, 0) is 23.8 Å². The molecular formula is C11H8Cl2N2. The highest BCUT2D eigenvalue weighted by Crippen LogP contribution is 2.29. The predicted molar refractivity (Wildman–Crippen MR) is 64.1 cm³/mol. The Balaban J connectivity index is 2.59. The Morgan fingerprint density at radius 3 is 2.47 bits per heavy atom. The zero-order valence-electron chi connectivity index (χ0n) is 7.74. The van der Waals surface area contributed by atoms with Crippen LogP contribution in [0.4, 0.5) is 5.82 Å². The minimum atomic E-state index is 0.366. The summed E-state index contributed by atoms with van der Waals surface area (Å²) in [4.78, 5) is 3.89. The quantitative estimate of drug-likeness (QED) is 0.771. The molecule has 1 aromatic carbocycles. The number of aromatic nitrogens is 1.